The first-order valence-electron chi connectivity index (χ1n) is 5.87. The summed E-state index contributed by atoms with van der Waals surface area (Å²) in [4.78, 5) is 4.18. The molecule has 1 aromatic carbocycles. The van der Waals surface area contributed by atoms with Crippen molar-refractivity contribution in [3.05, 3.63) is 40.5 Å². The molecule has 0 N–H and O–H groups in total. The van der Waals surface area contributed by atoms with E-state index in [-0.39, 0.29) is 6.61 Å². The van der Waals surface area contributed by atoms with Gasteiger partial charge in [-0.1, -0.05) is 23.7 Å². The number of hydrogen-bond acceptors (Lipinski definition) is 5. The first-order chi connectivity index (χ1) is 9.22. The summed E-state index contributed by atoms with van der Waals surface area (Å²) in [5.41, 5.74) is 0.414. The second kappa shape index (κ2) is 6.21. The van der Waals surface area contributed by atoms with E-state index in [0.717, 1.165) is 12.8 Å². The molecule has 0 aliphatic heterocycles. The van der Waals surface area contributed by atoms with Crippen LogP contribution in [0.4, 0.5) is 0 Å². The van der Waals surface area contributed by atoms with Crippen LogP contribution < -0.4 is 4.74 Å². The van der Waals surface area contributed by atoms with Gasteiger partial charge in [-0.25, -0.2) is 0 Å². The molecule has 0 fully saturated rings. The number of aryl methyl sites for hydroxylation is 1. The van der Waals surface area contributed by atoms with Crippen molar-refractivity contribution in [3.63, 3.8) is 0 Å². The maximum atomic E-state index is 8.76. The molecule has 0 bridgehead atoms. The lowest BCUT2D eigenvalue weighted by Crippen LogP contribution is -1.96. The summed E-state index contributed by atoms with van der Waals surface area (Å²) in [5.74, 6) is 1.65. The Kier molecular flexibility index (Phi) is 4.37. The van der Waals surface area contributed by atoms with Crippen LogP contribution in [0.1, 0.15) is 30.6 Å². The molecule has 0 radical (unpaired) electrons. The van der Waals surface area contributed by atoms with Gasteiger partial charge in [-0.3, -0.25) is 0 Å². The Hall–Kier alpha value is -2.06. The Morgan fingerprint density at radius 3 is 3.00 bits per heavy atom. The summed E-state index contributed by atoms with van der Waals surface area (Å²) in [7, 11) is 0. The van der Waals surface area contributed by atoms with Gasteiger partial charge in [-0.2, -0.15) is 10.2 Å². The van der Waals surface area contributed by atoms with Crippen LogP contribution in [0.3, 0.4) is 0 Å². The molecule has 0 spiro atoms. The third kappa shape index (κ3) is 3.46. The number of nitrogens with zero attached hydrogens (tertiary/aromatic N) is 3. The fourth-order valence-corrected chi connectivity index (χ4v) is 1.71. The van der Waals surface area contributed by atoms with Crippen molar-refractivity contribution >= 4 is 11.6 Å². The van der Waals surface area contributed by atoms with Crippen molar-refractivity contribution in [2.75, 3.05) is 0 Å². The van der Waals surface area contributed by atoms with Gasteiger partial charge in [0.25, 0.3) is 5.89 Å². The van der Waals surface area contributed by atoms with Crippen molar-refractivity contribution in [1.29, 1.82) is 5.26 Å². The summed E-state index contributed by atoms with van der Waals surface area (Å²) >= 11 is 5.90. The monoisotopic (exact) mass is 277 g/mol. The lowest BCUT2D eigenvalue weighted by Gasteiger charge is -2.03. The highest BCUT2D eigenvalue weighted by Crippen LogP contribution is 2.22. The predicted molar refractivity (Wildman–Crippen MR) is 68.8 cm³/mol. The third-order valence-electron chi connectivity index (χ3n) is 2.41. The second-order valence-electron chi connectivity index (χ2n) is 3.90. The van der Waals surface area contributed by atoms with E-state index in [2.05, 4.69) is 10.1 Å². The third-order valence-corrected chi connectivity index (χ3v) is 2.72. The number of halogens is 1. The van der Waals surface area contributed by atoms with E-state index in [0.29, 0.717) is 28.1 Å². The molecule has 1 heterocycles. The molecule has 0 aliphatic rings. The molecule has 0 unspecified atom stereocenters. The second-order valence-corrected chi connectivity index (χ2v) is 4.30. The number of ether oxygens (including phenoxy) is 1. The van der Waals surface area contributed by atoms with Gasteiger partial charge in [0.15, 0.2) is 12.4 Å². The van der Waals surface area contributed by atoms with Crippen LogP contribution in [0.25, 0.3) is 0 Å². The van der Waals surface area contributed by atoms with Gasteiger partial charge in [0, 0.05) is 12.5 Å². The largest absolute Gasteiger partial charge is 0.484 e. The van der Waals surface area contributed by atoms with Gasteiger partial charge in [0.05, 0.1) is 10.6 Å². The summed E-state index contributed by atoms with van der Waals surface area (Å²) in [6, 6.07) is 6.85. The minimum Gasteiger partial charge on any atom is -0.484 e. The van der Waals surface area contributed by atoms with Crippen LogP contribution in [0, 0.1) is 11.3 Å². The molecule has 1 aromatic heterocycles. The molecule has 98 valence electrons. The first-order valence-corrected chi connectivity index (χ1v) is 6.24. The molecule has 0 aliphatic carbocycles. The van der Waals surface area contributed by atoms with E-state index >= 15 is 0 Å². The standard InChI is InChI=1S/C13H12ClN3O2/c1-2-3-12-16-13(19-17-12)8-18-10-5-4-9(7-15)11(14)6-10/h4-6H,2-3,8H2,1H3. The zero-order chi connectivity index (χ0) is 13.7. The first kappa shape index (κ1) is 13.4. The van der Waals surface area contributed by atoms with Gasteiger partial charge in [0.2, 0.25) is 0 Å². The highest BCUT2D eigenvalue weighted by atomic mass is 35.5. The lowest BCUT2D eigenvalue weighted by molar-refractivity contribution is 0.242. The van der Waals surface area contributed by atoms with Crippen molar-refractivity contribution in [2.45, 2.75) is 26.4 Å². The molecule has 5 nitrogen and oxygen atoms in total. The van der Waals surface area contributed by atoms with Gasteiger partial charge in [0.1, 0.15) is 11.8 Å². The van der Waals surface area contributed by atoms with Gasteiger partial charge in [-0.15, -0.1) is 0 Å². The van der Waals surface area contributed by atoms with Crippen molar-refractivity contribution in [1.82, 2.24) is 10.1 Å². The summed E-state index contributed by atoms with van der Waals surface area (Å²) < 4.78 is 10.5. The van der Waals surface area contributed by atoms with Crippen LogP contribution in [-0.4, -0.2) is 10.1 Å². The zero-order valence-corrected chi connectivity index (χ0v) is 11.1. The zero-order valence-electron chi connectivity index (χ0n) is 10.4. The van der Waals surface area contributed by atoms with Crippen LogP contribution in [0.15, 0.2) is 22.7 Å². The molecule has 0 saturated carbocycles. The van der Waals surface area contributed by atoms with E-state index in [9.17, 15) is 0 Å². The van der Waals surface area contributed by atoms with E-state index in [4.69, 9.17) is 26.1 Å². The topological polar surface area (TPSA) is 71.9 Å². The SMILES string of the molecule is CCCc1noc(COc2ccc(C#N)c(Cl)c2)n1. The Morgan fingerprint density at radius 1 is 1.47 bits per heavy atom. The molecule has 6 heteroatoms. The minimum atomic E-state index is 0.180. The Bertz CT molecular complexity index is 604. The minimum absolute atomic E-state index is 0.180. The summed E-state index contributed by atoms with van der Waals surface area (Å²) in [6.07, 6.45) is 1.75. The quantitative estimate of drug-likeness (QED) is 0.839. The molecular weight excluding hydrogens is 266 g/mol. The highest BCUT2D eigenvalue weighted by molar-refractivity contribution is 6.31. The van der Waals surface area contributed by atoms with Gasteiger partial charge in [-0.05, 0) is 18.6 Å². The average Bonchev–Trinajstić information content (AvgIpc) is 2.85. The number of nitriles is 1. The Balaban J connectivity index is 1.98. The molecule has 0 atom stereocenters. The van der Waals surface area contributed by atoms with E-state index < -0.39 is 0 Å². The van der Waals surface area contributed by atoms with E-state index in [1.165, 1.54) is 0 Å². The van der Waals surface area contributed by atoms with Crippen LogP contribution in [0.5, 0.6) is 5.75 Å². The smallest absolute Gasteiger partial charge is 0.264 e. The van der Waals surface area contributed by atoms with Crippen molar-refractivity contribution in [2.24, 2.45) is 0 Å². The summed E-state index contributed by atoms with van der Waals surface area (Å²) in [5, 5.41) is 12.9. The average molecular weight is 278 g/mol. The maximum absolute atomic E-state index is 8.76. The number of rotatable bonds is 5. The van der Waals surface area contributed by atoms with Gasteiger partial charge < -0.3 is 9.26 Å². The number of benzene rings is 1. The van der Waals surface area contributed by atoms with Crippen molar-refractivity contribution in [3.8, 4) is 11.8 Å². The normalized spacial score (nSPS) is 10.2. The number of hydrogen-bond donors (Lipinski definition) is 0. The molecule has 2 aromatic rings. The fourth-order valence-electron chi connectivity index (χ4n) is 1.50. The predicted octanol–water partition coefficient (Wildman–Crippen LogP) is 3.13. The molecule has 0 saturated heterocycles. The van der Waals surface area contributed by atoms with E-state index in [1.807, 2.05) is 13.0 Å². The molecule has 0 amide bonds. The molecule has 19 heavy (non-hydrogen) atoms. The van der Waals surface area contributed by atoms with Crippen LogP contribution in [0.2, 0.25) is 5.02 Å². The fraction of sp³-hybridized carbons (Fsp3) is 0.308. The summed E-state index contributed by atoms with van der Waals surface area (Å²) in [6.45, 7) is 2.23. The van der Waals surface area contributed by atoms with Gasteiger partial charge >= 0.3 is 0 Å². The van der Waals surface area contributed by atoms with Crippen LogP contribution >= 0.6 is 11.6 Å². The number of aromatic nitrogens is 2. The lowest BCUT2D eigenvalue weighted by atomic mass is 10.2. The maximum Gasteiger partial charge on any atom is 0.264 e. The van der Waals surface area contributed by atoms with Crippen molar-refractivity contribution < 1.29 is 9.26 Å². The van der Waals surface area contributed by atoms with E-state index in [1.54, 1.807) is 18.2 Å². The van der Waals surface area contributed by atoms with Crippen LogP contribution in [-0.2, 0) is 13.0 Å². The Morgan fingerprint density at radius 2 is 2.32 bits per heavy atom. The Labute approximate surface area is 115 Å². The molecule has 2 rings (SSSR count). The molecular formula is C13H12ClN3O2. The highest BCUT2D eigenvalue weighted by Gasteiger charge is 2.07.